The van der Waals surface area contributed by atoms with Crippen molar-refractivity contribution in [2.45, 2.75) is 0 Å². The molecule has 0 saturated heterocycles. The van der Waals surface area contributed by atoms with E-state index in [1.54, 1.807) is 0 Å². The highest BCUT2D eigenvalue weighted by Gasteiger charge is 2.17. The fourth-order valence-corrected chi connectivity index (χ4v) is 4.74. The number of nitrogens with zero attached hydrogens (tertiary/aromatic N) is 2. The predicted octanol–water partition coefficient (Wildman–Crippen LogP) is 6.43. The maximum atomic E-state index is 4.98. The molecule has 130 valence electrons. The average molecular weight is 357 g/mol. The molecular formula is C25H15N3. The number of fused-ring (bicyclic) bond motifs is 12. The highest BCUT2D eigenvalue weighted by atomic mass is 15.0. The van der Waals surface area contributed by atoms with Crippen LogP contribution in [-0.2, 0) is 0 Å². The van der Waals surface area contributed by atoms with Gasteiger partial charge in [-0.05, 0) is 35.7 Å². The van der Waals surface area contributed by atoms with Crippen LogP contribution in [0.5, 0.6) is 0 Å². The van der Waals surface area contributed by atoms with Crippen LogP contribution in [0.15, 0.2) is 84.9 Å². The Labute approximate surface area is 159 Å². The number of nitrogens with one attached hydrogen (secondary N) is 1. The van der Waals surface area contributed by atoms with Gasteiger partial charge in [-0.15, -0.1) is 0 Å². The number of para-hydroxylation sites is 3. The van der Waals surface area contributed by atoms with Crippen LogP contribution in [0, 0.1) is 0 Å². The maximum Gasteiger partial charge on any atom is 0.146 e. The minimum Gasteiger partial charge on any atom is -0.354 e. The zero-order valence-electron chi connectivity index (χ0n) is 15.0. The first-order valence-electron chi connectivity index (χ1n) is 9.51. The van der Waals surface area contributed by atoms with E-state index >= 15 is 0 Å². The third kappa shape index (κ3) is 1.62. The van der Waals surface area contributed by atoms with Crippen LogP contribution in [0.3, 0.4) is 0 Å². The first-order valence-corrected chi connectivity index (χ1v) is 9.51. The van der Waals surface area contributed by atoms with Crippen molar-refractivity contribution in [1.29, 1.82) is 0 Å². The van der Waals surface area contributed by atoms with Gasteiger partial charge in [0.1, 0.15) is 5.65 Å². The largest absolute Gasteiger partial charge is 0.354 e. The van der Waals surface area contributed by atoms with Crippen LogP contribution in [-0.4, -0.2) is 14.4 Å². The second kappa shape index (κ2) is 4.90. The van der Waals surface area contributed by atoms with E-state index in [1.807, 2.05) is 0 Å². The number of aromatic amines is 1. The van der Waals surface area contributed by atoms with E-state index < -0.39 is 0 Å². The lowest BCUT2D eigenvalue weighted by molar-refractivity contribution is 1.32. The first-order chi connectivity index (χ1) is 13.9. The van der Waals surface area contributed by atoms with E-state index in [9.17, 15) is 0 Å². The fraction of sp³-hybridized carbons (Fsp3) is 0. The van der Waals surface area contributed by atoms with Gasteiger partial charge < -0.3 is 4.98 Å². The van der Waals surface area contributed by atoms with Crippen molar-refractivity contribution in [3.8, 4) is 0 Å². The Morgan fingerprint density at radius 2 is 1.32 bits per heavy atom. The molecule has 0 radical (unpaired) electrons. The molecular weight excluding hydrogens is 342 g/mol. The molecule has 3 aromatic heterocycles. The predicted molar refractivity (Wildman–Crippen MR) is 117 cm³/mol. The van der Waals surface area contributed by atoms with Gasteiger partial charge in [-0.2, -0.15) is 0 Å². The number of rotatable bonds is 0. The summed E-state index contributed by atoms with van der Waals surface area (Å²) >= 11 is 0. The molecule has 3 heterocycles. The highest BCUT2D eigenvalue weighted by molar-refractivity contribution is 6.28. The Balaban J connectivity index is 1.92. The van der Waals surface area contributed by atoms with Gasteiger partial charge >= 0.3 is 0 Å². The SMILES string of the molecule is c1ccc2c(c1)nc1c3ccccc3c3c4c(ccc3n21)[nH]c1ccccc14. The third-order valence-corrected chi connectivity index (χ3v) is 5.89. The number of benzene rings is 4. The Morgan fingerprint density at radius 3 is 2.25 bits per heavy atom. The van der Waals surface area contributed by atoms with Crippen LogP contribution in [0.1, 0.15) is 0 Å². The molecule has 0 spiro atoms. The normalized spacial score (nSPS) is 12.3. The van der Waals surface area contributed by atoms with Crippen molar-refractivity contribution in [3.05, 3.63) is 84.9 Å². The van der Waals surface area contributed by atoms with Crippen molar-refractivity contribution >= 4 is 60.2 Å². The van der Waals surface area contributed by atoms with Crippen molar-refractivity contribution in [2.24, 2.45) is 0 Å². The molecule has 0 aliphatic rings. The minimum atomic E-state index is 1.02. The maximum absolute atomic E-state index is 4.98. The molecule has 7 rings (SSSR count). The molecule has 3 heteroatoms. The number of hydrogen-bond donors (Lipinski definition) is 1. The van der Waals surface area contributed by atoms with Crippen molar-refractivity contribution < 1.29 is 0 Å². The van der Waals surface area contributed by atoms with Gasteiger partial charge in [-0.1, -0.05) is 54.6 Å². The molecule has 0 aliphatic heterocycles. The second-order valence-electron chi connectivity index (χ2n) is 7.36. The van der Waals surface area contributed by atoms with E-state index in [4.69, 9.17) is 4.98 Å². The fourth-order valence-electron chi connectivity index (χ4n) is 4.74. The summed E-state index contributed by atoms with van der Waals surface area (Å²) in [6.45, 7) is 0. The molecule has 7 aromatic rings. The molecule has 0 amide bonds. The van der Waals surface area contributed by atoms with Gasteiger partial charge in [0.05, 0.1) is 16.6 Å². The van der Waals surface area contributed by atoms with Gasteiger partial charge in [-0.3, -0.25) is 4.40 Å². The lowest BCUT2D eigenvalue weighted by Crippen LogP contribution is -1.92. The summed E-state index contributed by atoms with van der Waals surface area (Å²) < 4.78 is 2.31. The first kappa shape index (κ1) is 14.2. The summed E-state index contributed by atoms with van der Waals surface area (Å²) in [5.74, 6) is 0. The molecule has 0 atom stereocenters. The smallest absolute Gasteiger partial charge is 0.146 e. The quantitative estimate of drug-likeness (QED) is 0.312. The summed E-state index contributed by atoms with van der Waals surface area (Å²) in [7, 11) is 0. The molecule has 28 heavy (non-hydrogen) atoms. The van der Waals surface area contributed by atoms with E-state index in [0.717, 1.165) is 16.7 Å². The van der Waals surface area contributed by atoms with Gasteiger partial charge in [0.2, 0.25) is 0 Å². The minimum absolute atomic E-state index is 1.02. The molecule has 4 aromatic carbocycles. The number of aromatic nitrogens is 3. The number of hydrogen-bond acceptors (Lipinski definition) is 1. The van der Waals surface area contributed by atoms with Crippen LogP contribution in [0.2, 0.25) is 0 Å². The molecule has 3 nitrogen and oxygen atoms in total. The summed E-state index contributed by atoms with van der Waals surface area (Å²) in [5.41, 5.74) is 6.72. The van der Waals surface area contributed by atoms with E-state index in [0.29, 0.717) is 0 Å². The van der Waals surface area contributed by atoms with Gasteiger partial charge in [-0.25, -0.2) is 4.98 Å². The lowest BCUT2D eigenvalue weighted by Gasteiger charge is -2.10. The van der Waals surface area contributed by atoms with E-state index in [-0.39, 0.29) is 0 Å². The Morgan fingerprint density at radius 1 is 0.571 bits per heavy atom. The molecule has 0 unspecified atom stereocenters. The standard InChI is InChI=1S/C25H15N3/c1-2-8-16-15(7-1)24-22(28-21-12-6-5-11-19(21)27-25(16)28)14-13-20-23(24)17-9-3-4-10-18(17)26-20/h1-14,26H. The van der Waals surface area contributed by atoms with Crippen LogP contribution >= 0.6 is 0 Å². The monoisotopic (exact) mass is 357 g/mol. The summed E-state index contributed by atoms with van der Waals surface area (Å²) in [6, 6.07) is 30.0. The van der Waals surface area contributed by atoms with Crippen LogP contribution in [0.4, 0.5) is 0 Å². The zero-order chi connectivity index (χ0) is 18.2. The number of pyridine rings is 1. The third-order valence-electron chi connectivity index (χ3n) is 5.89. The molecule has 0 saturated carbocycles. The van der Waals surface area contributed by atoms with Crippen molar-refractivity contribution in [1.82, 2.24) is 14.4 Å². The van der Waals surface area contributed by atoms with E-state index in [1.165, 1.54) is 43.5 Å². The topological polar surface area (TPSA) is 33.1 Å². The van der Waals surface area contributed by atoms with E-state index in [2.05, 4.69) is 94.3 Å². The van der Waals surface area contributed by atoms with Gasteiger partial charge in [0, 0.05) is 32.6 Å². The lowest BCUT2D eigenvalue weighted by atomic mass is 10.0. The second-order valence-corrected chi connectivity index (χ2v) is 7.36. The molecule has 0 bridgehead atoms. The average Bonchev–Trinajstić information content (AvgIpc) is 3.32. The number of H-pyrrole nitrogens is 1. The number of imidazole rings is 1. The molecule has 1 N–H and O–H groups in total. The Kier molecular flexibility index (Phi) is 2.49. The summed E-state index contributed by atoms with van der Waals surface area (Å²) in [6.07, 6.45) is 0. The van der Waals surface area contributed by atoms with Crippen molar-refractivity contribution in [2.75, 3.05) is 0 Å². The van der Waals surface area contributed by atoms with Crippen LogP contribution < -0.4 is 0 Å². The summed E-state index contributed by atoms with van der Waals surface area (Å²) in [4.78, 5) is 8.57. The van der Waals surface area contributed by atoms with Crippen LogP contribution in [0.25, 0.3) is 60.2 Å². The van der Waals surface area contributed by atoms with Gasteiger partial charge in [0.25, 0.3) is 0 Å². The molecule has 0 aliphatic carbocycles. The van der Waals surface area contributed by atoms with Crippen molar-refractivity contribution in [3.63, 3.8) is 0 Å². The Bertz CT molecular complexity index is 1710. The Hall–Kier alpha value is -3.85. The zero-order valence-corrected chi connectivity index (χ0v) is 15.0. The van der Waals surface area contributed by atoms with Gasteiger partial charge in [0.15, 0.2) is 0 Å². The molecule has 0 fully saturated rings. The highest BCUT2D eigenvalue weighted by Crippen LogP contribution is 2.39. The summed E-state index contributed by atoms with van der Waals surface area (Å²) in [5, 5.41) is 6.25.